The van der Waals surface area contributed by atoms with Crippen LogP contribution < -0.4 is 5.32 Å². The van der Waals surface area contributed by atoms with Gasteiger partial charge in [0.1, 0.15) is 5.76 Å². The quantitative estimate of drug-likeness (QED) is 0.808. The van der Waals surface area contributed by atoms with Gasteiger partial charge in [-0.3, -0.25) is 4.79 Å². The number of alkyl halides is 3. The van der Waals surface area contributed by atoms with Gasteiger partial charge in [0, 0.05) is 26.8 Å². The number of amides is 2. The highest BCUT2D eigenvalue weighted by atomic mass is 19.4. The molecule has 2 heterocycles. The number of methoxy groups -OCH3 is 1. The van der Waals surface area contributed by atoms with E-state index in [0.29, 0.717) is 18.8 Å². The molecule has 0 aromatic carbocycles. The molecule has 2 rings (SSSR count). The van der Waals surface area contributed by atoms with Crippen LogP contribution in [-0.2, 0) is 9.53 Å². The van der Waals surface area contributed by atoms with Crippen molar-refractivity contribution in [3.63, 3.8) is 0 Å². The van der Waals surface area contributed by atoms with Gasteiger partial charge in [-0.25, -0.2) is 4.79 Å². The fourth-order valence-electron chi connectivity index (χ4n) is 2.80. The highest BCUT2D eigenvalue weighted by Crippen LogP contribution is 2.37. The van der Waals surface area contributed by atoms with Crippen molar-refractivity contribution >= 4 is 12.0 Å². The monoisotopic (exact) mass is 364 g/mol. The molecule has 1 aliphatic rings. The lowest BCUT2D eigenvalue weighted by Gasteiger charge is -2.22. The van der Waals surface area contributed by atoms with Crippen LogP contribution in [0.1, 0.15) is 18.2 Å². The zero-order chi connectivity index (χ0) is 18.6. The third kappa shape index (κ3) is 4.65. The number of likely N-dealkylation sites (tertiary alicyclic amines) is 1. The van der Waals surface area contributed by atoms with Gasteiger partial charge in [0.15, 0.2) is 0 Å². The van der Waals surface area contributed by atoms with E-state index in [4.69, 9.17) is 14.3 Å². The van der Waals surface area contributed by atoms with E-state index < -0.39 is 49.1 Å². The van der Waals surface area contributed by atoms with E-state index in [9.17, 15) is 22.8 Å². The van der Waals surface area contributed by atoms with Crippen molar-refractivity contribution in [2.45, 2.75) is 18.6 Å². The van der Waals surface area contributed by atoms with E-state index in [1.807, 2.05) is 0 Å². The predicted molar refractivity (Wildman–Crippen MR) is 78.7 cm³/mol. The predicted octanol–water partition coefficient (Wildman–Crippen LogP) is 2.26. The summed E-state index contributed by atoms with van der Waals surface area (Å²) in [5.74, 6) is -4.89. The number of carbonyl (C=O) groups excluding carboxylic acids is 1. The number of hydrogen-bond acceptors (Lipinski definition) is 4. The van der Waals surface area contributed by atoms with E-state index in [2.05, 4.69) is 5.32 Å². The minimum atomic E-state index is -4.69. The summed E-state index contributed by atoms with van der Waals surface area (Å²) in [6.45, 7) is -0.892. The van der Waals surface area contributed by atoms with Crippen LogP contribution in [0.25, 0.3) is 0 Å². The first-order chi connectivity index (χ1) is 11.7. The Morgan fingerprint density at radius 3 is 2.68 bits per heavy atom. The van der Waals surface area contributed by atoms with E-state index in [1.54, 1.807) is 12.1 Å². The molecule has 7 nitrogen and oxygen atoms in total. The maximum atomic E-state index is 13.0. The van der Waals surface area contributed by atoms with Crippen molar-refractivity contribution in [3.05, 3.63) is 24.2 Å². The second kappa shape index (κ2) is 7.77. The van der Waals surface area contributed by atoms with Crippen LogP contribution >= 0.6 is 0 Å². The zero-order valence-electron chi connectivity index (χ0n) is 13.5. The lowest BCUT2D eigenvalue weighted by Crippen LogP contribution is -2.41. The van der Waals surface area contributed by atoms with Crippen LogP contribution in [0.3, 0.4) is 0 Å². The smallest absolute Gasteiger partial charge is 0.394 e. The van der Waals surface area contributed by atoms with Gasteiger partial charge in [-0.1, -0.05) is 0 Å². The number of halogens is 3. The number of ether oxygens (including phenoxy) is 1. The highest BCUT2D eigenvalue weighted by Gasteiger charge is 2.53. The molecule has 1 saturated heterocycles. The highest BCUT2D eigenvalue weighted by molar-refractivity contribution is 5.78. The first kappa shape index (κ1) is 19.1. The second-order valence-electron chi connectivity index (χ2n) is 5.80. The Balaban J connectivity index is 2.07. The average molecular weight is 364 g/mol. The van der Waals surface area contributed by atoms with Crippen molar-refractivity contribution in [1.82, 2.24) is 10.2 Å². The summed E-state index contributed by atoms with van der Waals surface area (Å²) in [5.41, 5.74) is 0. The maximum absolute atomic E-state index is 13.0. The molecule has 25 heavy (non-hydrogen) atoms. The van der Waals surface area contributed by atoms with E-state index >= 15 is 0 Å². The molecule has 1 aromatic rings. The van der Waals surface area contributed by atoms with Gasteiger partial charge in [-0.15, -0.1) is 0 Å². The van der Waals surface area contributed by atoms with Gasteiger partial charge in [-0.2, -0.15) is 13.2 Å². The van der Waals surface area contributed by atoms with E-state index in [0.717, 1.165) is 4.90 Å². The molecule has 0 spiro atoms. The molecule has 1 aromatic heterocycles. The van der Waals surface area contributed by atoms with E-state index in [-0.39, 0.29) is 0 Å². The summed E-state index contributed by atoms with van der Waals surface area (Å²) in [6, 6.07) is 1.90. The number of carboxylic acid groups (broad SMARTS) is 1. The SMILES string of the molecule is COCCC(NC(=O)N1C[C@@H](C(F)(F)F)[C@H](C(=O)O)C1)c1ccco1. The van der Waals surface area contributed by atoms with E-state index in [1.165, 1.54) is 13.4 Å². The molecule has 1 fully saturated rings. The summed E-state index contributed by atoms with van der Waals surface area (Å²) in [4.78, 5) is 24.3. The van der Waals surface area contributed by atoms with Crippen LogP contribution in [0.5, 0.6) is 0 Å². The molecule has 10 heteroatoms. The molecule has 2 amide bonds. The number of nitrogens with one attached hydrogen (secondary N) is 1. The van der Waals surface area contributed by atoms with Gasteiger partial charge in [0.05, 0.1) is 24.1 Å². The van der Waals surface area contributed by atoms with Crippen molar-refractivity contribution in [2.24, 2.45) is 11.8 Å². The average Bonchev–Trinajstić information content (AvgIpc) is 3.19. The number of nitrogens with zero attached hydrogens (tertiary/aromatic N) is 1. The summed E-state index contributed by atoms with van der Waals surface area (Å²) < 4.78 is 49.2. The third-order valence-corrected chi connectivity index (χ3v) is 4.14. The Bertz CT molecular complexity index is 590. The number of rotatable bonds is 6. The topological polar surface area (TPSA) is 92.0 Å². The lowest BCUT2D eigenvalue weighted by atomic mass is 9.96. The number of carbonyl (C=O) groups is 2. The number of urea groups is 1. The molecule has 2 N–H and O–H groups in total. The first-order valence-corrected chi connectivity index (χ1v) is 7.61. The molecule has 0 radical (unpaired) electrons. The normalized spacial score (nSPS) is 22.0. The van der Waals surface area contributed by atoms with Crippen LogP contribution in [-0.4, -0.2) is 55.0 Å². The molecule has 0 saturated carbocycles. The number of hydrogen-bond donors (Lipinski definition) is 2. The molecule has 3 atom stereocenters. The van der Waals surface area contributed by atoms with Crippen molar-refractivity contribution < 1.29 is 37.0 Å². The van der Waals surface area contributed by atoms with Gasteiger partial charge in [0.2, 0.25) is 0 Å². The summed E-state index contributed by atoms with van der Waals surface area (Å²) in [6.07, 6.45) is -2.92. The third-order valence-electron chi connectivity index (χ3n) is 4.14. The van der Waals surface area contributed by atoms with Crippen LogP contribution in [0.15, 0.2) is 22.8 Å². The largest absolute Gasteiger partial charge is 0.481 e. The molecule has 140 valence electrons. The van der Waals surface area contributed by atoms with Crippen LogP contribution in [0.4, 0.5) is 18.0 Å². The Kier molecular flexibility index (Phi) is 5.93. The maximum Gasteiger partial charge on any atom is 0.394 e. The Hall–Kier alpha value is -2.23. The second-order valence-corrected chi connectivity index (χ2v) is 5.80. The summed E-state index contributed by atoms with van der Waals surface area (Å²) in [7, 11) is 1.48. The standard InChI is InChI=1S/C15H19F3N2O5/c1-24-6-4-11(12-3-2-5-25-12)19-14(23)20-7-9(13(21)22)10(8-20)15(16,17)18/h2-3,5,9-11H,4,6-8H2,1H3,(H,19,23)(H,21,22)/t9-,10-,11?/m1/s1. The van der Waals surface area contributed by atoms with Gasteiger partial charge < -0.3 is 24.5 Å². The fraction of sp³-hybridized carbons (Fsp3) is 0.600. The fourth-order valence-corrected chi connectivity index (χ4v) is 2.80. The van der Waals surface area contributed by atoms with Gasteiger partial charge in [0.25, 0.3) is 0 Å². The molecule has 0 bridgehead atoms. The Labute approximate surface area is 141 Å². The van der Waals surface area contributed by atoms with Gasteiger partial charge >= 0.3 is 18.2 Å². The van der Waals surface area contributed by atoms with Crippen molar-refractivity contribution in [2.75, 3.05) is 26.8 Å². The molecule has 1 unspecified atom stereocenters. The molecular formula is C15H19F3N2O5. The molecule has 1 aliphatic heterocycles. The minimum Gasteiger partial charge on any atom is -0.481 e. The number of aliphatic carboxylic acids is 1. The molecule has 0 aliphatic carbocycles. The number of carboxylic acids is 1. The lowest BCUT2D eigenvalue weighted by molar-refractivity contribution is -0.187. The molecular weight excluding hydrogens is 345 g/mol. The van der Waals surface area contributed by atoms with Gasteiger partial charge in [-0.05, 0) is 18.6 Å². The Morgan fingerprint density at radius 2 is 2.20 bits per heavy atom. The van der Waals surface area contributed by atoms with Crippen molar-refractivity contribution in [1.29, 1.82) is 0 Å². The minimum absolute atomic E-state index is 0.300. The van der Waals surface area contributed by atoms with Crippen LogP contribution in [0, 0.1) is 11.8 Å². The zero-order valence-corrected chi connectivity index (χ0v) is 13.5. The van der Waals surface area contributed by atoms with Crippen LogP contribution in [0.2, 0.25) is 0 Å². The summed E-state index contributed by atoms with van der Waals surface area (Å²) in [5, 5.41) is 11.6. The summed E-state index contributed by atoms with van der Waals surface area (Å²) >= 11 is 0. The van der Waals surface area contributed by atoms with Crippen molar-refractivity contribution in [3.8, 4) is 0 Å². The Morgan fingerprint density at radius 1 is 1.48 bits per heavy atom. The first-order valence-electron chi connectivity index (χ1n) is 7.61. The number of furan rings is 1.